The molecule has 24 heteroatoms. The van der Waals surface area contributed by atoms with Crippen molar-refractivity contribution >= 4 is 40.4 Å². The Morgan fingerprint density at radius 3 is 2.15 bits per heavy atom. The largest absolute Gasteiger partial charge is 1.00 e. The van der Waals surface area contributed by atoms with Gasteiger partial charge in [-0.15, -0.1) is 0 Å². The number of hydrogen-bond donors (Lipinski definition) is 4. The molecule has 0 aromatic carbocycles. The zero-order valence-corrected chi connectivity index (χ0v) is 26.7. The maximum absolute atomic E-state index is 11.6. The molecule has 0 aliphatic carbocycles. The fourth-order valence-corrected chi connectivity index (χ4v) is 5.01. The van der Waals surface area contributed by atoms with Crippen LogP contribution in [0.15, 0.2) is 12.7 Å². The molecule has 18 nitrogen and oxygen atoms in total. The number of nitrogen functional groups attached to an aromatic ring is 1. The molecule has 176 valence electrons. The van der Waals surface area contributed by atoms with Crippen LogP contribution in [0.2, 0.25) is 0 Å². The van der Waals surface area contributed by atoms with E-state index in [1.54, 1.807) is 0 Å². The van der Waals surface area contributed by atoms with Gasteiger partial charge in [0.2, 0.25) is 0 Å². The van der Waals surface area contributed by atoms with Gasteiger partial charge in [0.05, 0.1) is 26.1 Å². The second-order valence-corrected chi connectivity index (χ2v) is 9.77. The Labute approximate surface area is 257 Å². The van der Waals surface area contributed by atoms with Gasteiger partial charge in [-0.2, -0.15) is 0 Å². The van der Waals surface area contributed by atoms with Crippen LogP contribution in [-0.2, 0) is 31.6 Å². The van der Waals surface area contributed by atoms with Crippen LogP contribution in [-0.4, -0.2) is 60.6 Å². The number of rotatable bonds is 12. The average Bonchev–Trinajstić information content (AvgIpc) is 3.04. The van der Waals surface area contributed by atoms with Crippen LogP contribution in [0.1, 0.15) is 6.23 Å². The molecule has 0 saturated carbocycles. The van der Waals surface area contributed by atoms with E-state index in [0.29, 0.717) is 0 Å². The molecule has 0 amide bonds. The molecular formula is C10H15N5Na3O13P3. The van der Waals surface area contributed by atoms with E-state index in [4.69, 9.17) is 15.4 Å². The summed E-state index contributed by atoms with van der Waals surface area (Å²) in [5.74, 6) is 0.0293. The summed E-state index contributed by atoms with van der Waals surface area (Å²) in [7, 11) is -17.7. The Morgan fingerprint density at radius 1 is 1.00 bits per heavy atom. The molecule has 0 radical (unpaired) electrons. The van der Waals surface area contributed by atoms with E-state index in [0.717, 1.165) is 6.33 Å². The summed E-state index contributed by atoms with van der Waals surface area (Å²) < 4.78 is 50.4. The van der Waals surface area contributed by atoms with Crippen molar-refractivity contribution in [3.05, 3.63) is 12.7 Å². The molecule has 2 heterocycles. The quantitative estimate of drug-likeness (QED) is 0.135. The van der Waals surface area contributed by atoms with Crippen molar-refractivity contribution in [1.29, 1.82) is 0 Å². The third-order valence-electron chi connectivity index (χ3n) is 3.23. The minimum Gasteiger partial charge on any atom is -0.756 e. The van der Waals surface area contributed by atoms with Crippen molar-refractivity contribution in [2.45, 2.75) is 12.3 Å². The van der Waals surface area contributed by atoms with Crippen LogP contribution in [0, 0.1) is 0 Å². The van der Waals surface area contributed by atoms with Gasteiger partial charge in [-0.05, 0) is 0 Å². The Balaban J connectivity index is 0. The van der Waals surface area contributed by atoms with Crippen molar-refractivity contribution in [2.75, 3.05) is 25.6 Å². The maximum atomic E-state index is 11.6. The Morgan fingerprint density at radius 2 is 1.62 bits per heavy atom. The number of aliphatic hydroxyl groups excluding tert-OH is 2. The summed E-state index contributed by atoms with van der Waals surface area (Å²) in [5.41, 5.74) is 5.95. The molecule has 5 unspecified atom stereocenters. The summed E-state index contributed by atoms with van der Waals surface area (Å²) in [4.78, 5) is 53.0. The standard InChI is InChI=1S/C10H18N5O13P3.3Na/c11-9-8-10(13-4-12-9)15(5-14-8)7(2-17)26-6(1-16)3-25-30(21,22)28-31(23,24)27-29(18,19)20;;;/h4-7,16-17H,1-3H2,(H,21,22)(H,23,24)(H2,11,12,13)(H2,18,19,20);;;/q;3*+1/p-3. The molecule has 34 heavy (non-hydrogen) atoms. The summed E-state index contributed by atoms with van der Waals surface area (Å²) in [5, 5.41) is 18.9. The minimum atomic E-state index is -6.07. The predicted molar refractivity (Wildman–Crippen MR) is 91.0 cm³/mol. The Bertz CT molecular complexity index is 1060. The number of aliphatic hydroxyl groups is 2. The fraction of sp³-hybridized carbons (Fsp3) is 0.500. The van der Waals surface area contributed by atoms with Crippen LogP contribution in [0.3, 0.4) is 0 Å². The molecule has 0 saturated heterocycles. The summed E-state index contributed by atoms with van der Waals surface area (Å²) in [6.45, 7) is -2.62. The third-order valence-corrected chi connectivity index (χ3v) is 6.92. The minimum absolute atomic E-state index is 0. The van der Waals surface area contributed by atoms with Gasteiger partial charge < -0.3 is 44.8 Å². The number of anilines is 1. The monoisotopic (exact) mass is 575 g/mol. The van der Waals surface area contributed by atoms with Gasteiger partial charge in [0.25, 0.3) is 23.5 Å². The number of nitrogens with two attached hydrogens (primary N) is 1. The maximum Gasteiger partial charge on any atom is 1.00 e. The van der Waals surface area contributed by atoms with Crippen LogP contribution in [0.4, 0.5) is 5.82 Å². The molecule has 0 fully saturated rings. The summed E-state index contributed by atoms with van der Waals surface area (Å²) in [6, 6.07) is 0. The van der Waals surface area contributed by atoms with Crippen molar-refractivity contribution in [2.24, 2.45) is 0 Å². The molecule has 0 aliphatic rings. The normalized spacial score (nSPS) is 18.2. The number of hydrogen-bond acceptors (Lipinski definition) is 16. The smallest absolute Gasteiger partial charge is 0.756 e. The molecule has 2 rings (SSSR count). The summed E-state index contributed by atoms with van der Waals surface area (Å²) >= 11 is 0. The van der Waals surface area contributed by atoms with Gasteiger partial charge in [0.15, 0.2) is 17.7 Å². The molecule has 0 bridgehead atoms. The number of phosphoric acid groups is 3. The predicted octanol–water partition coefficient (Wildman–Crippen LogP) is -12.3. The van der Waals surface area contributed by atoms with Crippen LogP contribution in [0.25, 0.3) is 11.2 Å². The SMILES string of the molecule is Nc1ncnc2c1ncn2C(CO)OC(CO)COP(=O)([O-])OP(=O)([O-])OP(=O)([O-])O.[Na+].[Na+].[Na+]. The molecular weight excluding hydrogens is 560 g/mol. The fourth-order valence-electron chi connectivity index (χ4n) is 2.10. The van der Waals surface area contributed by atoms with E-state index in [9.17, 15) is 38.6 Å². The van der Waals surface area contributed by atoms with Gasteiger partial charge in [0, 0.05) is 0 Å². The number of ether oxygens (including phenoxy) is 1. The second kappa shape index (κ2) is 15.9. The Hall–Kier alpha value is 1.64. The van der Waals surface area contributed by atoms with Gasteiger partial charge in [0.1, 0.15) is 17.9 Å². The van der Waals surface area contributed by atoms with Crippen LogP contribution >= 0.6 is 23.5 Å². The first-order valence-corrected chi connectivity index (χ1v) is 12.2. The van der Waals surface area contributed by atoms with Gasteiger partial charge in [-0.25, -0.2) is 23.6 Å². The molecule has 0 spiro atoms. The molecule has 5 atom stereocenters. The second-order valence-electron chi connectivity index (χ2n) is 5.48. The van der Waals surface area contributed by atoms with Gasteiger partial charge in [-0.1, -0.05) is 0 Å². The number of phosphoric ester groups is 1. The topological polar surface area (TPSA) is 288 Å². The van der Waals surface area contributed by atoms with E-state index in [1.807, 2.05) is 0 Å². The van der Waals surface area contributed by atoms with Gasteiger partial charge in [-0.3, -0.25) is 18.3 Å². The third kappa shape index (κ3) is 12.0. The van der Waals surface area contributed by atoms with Crippen molar-refractivity contribution in [3.63, 3.8) is 0 Å². The molecule has 0 aliphatic heterocycles. The van der Waals surface area contributed by atoms with Crippen LogP contribution < -0.4 is 109 Å². The Kier molecular flexibility index (Phi) is 17.7. The van der Waals surface area contributed by atoms with Gasteiger partial charge >= 0.3 is 88.7 Å². The first-order valence-electron chi connectivity index (χ1n) is 7.80. The van der Waals surface area contributed by atoms with E-state index in [-0.39, 0.29) is 106 Å². The average molecular weight is 575 g/mol. The van der Waals surface area contributed by atoms with E-state index >= 15 is 0 Å². The zero-order valence-electron chi connectivity index (χ0n) is 18.1. The number of imidazole rings is 1. The first-order chi connectivity index (χ1) is 14.3. The molecule has 5 N–H and O–H groups in total. The number of nitrogens with zero attached hydrogens (tertiary/aromatic N) is 4. The van der Waals surface area contributed by atoms with Crippen molar-refractivity contribution in [3.8, 4) is 0 Å². The van der Waals surface area contributed by atoms with Crippen molar-refractivity contribution < 1.29 is 150 Å². The van der Waals surface area contributed by atoms with E-state index < -0.39 is 55.6 Å². The molecule has 2 aromatic rings. The number of aromatic nitrogens is 4. The van der Waals surface area contributed by atoms with Crippen LogP contribution in [0.5, 0.6) is 0 Å². The summed E-state index contributed by atoms with van der Waals surface area (Å²) in [6.07, 6.45) is -0.468. The molecule has 2 aromatic heterocycles. The van der Waals surface area contributed by atoms with E-state index in [1.165, 1.54) is 10.9 Å². The number of fused-ring (bicyclic) bond motifs is 1. The van der Waals surface area contributed by atoms with E-state index in [2.05, 4.69) is 28.1 Å². The first kappa shape index (κ1) is 37.8. The van der Waals surface area contributed by atoms with Crippen molar-refractivity contribution in [1.82, 2.24) is 19.5 Å². The zero-order chi connectivity index (χ0) is 23.4.